The Morgan fingerprint density at radius 1 is 0.974 bits per heavy atom. The van der Waals surface area contributed by atoms with Gasteiger partial charge in [0.05, 0.1) is 12.2 Å². The third-order valence-electron chi connectivity index (χ3n) is 6.72. The highest BCUT2D eigenvalue weighted by Gasteiger charge is 2.30. The van der Waals surface area contributed by atoms with Crippen molar-refractivity contribution in [2.75, 3.05) is 31.1 Å². The normalized spacial score (nSPS) is 16.1. The average Bonchev–Trinajstić information content (AvgIpc) is 3.44. The number of benzene rings is 3. The molecule has 3 N–H and O–H groups in total. The Kier molecular flexibility index (Phi) is 8.89. The van der Waals surface area contributed by atoms with Gasteiger partial charge in [0.25, 0.3) is 11.8 Å². The van der Waals surface area contributed by atoms with E-state index in [0.717, 1.165) is 31.6 Å². The van der Waals surface area contributed by atoms with Crippen molar-refractivity contribution in [3.8, 4) is 5.75 Å². The van der Waals surface area contributed by atoms with Crippen LogP contribution in [0.3, 0.4) is 0 Å². The number of nitrogens with one attached hydrogen (secondary N) is 1. The van der Waals surface area contributed by atoms with Crippen LogP contribution in [-0.2, 0) is 11.3 Å². The Labute approximate surface area is 221 Å². The van der Waals surface area contributed by atoms with E-state index in [-0.39, 0.29) is 35.4 Å². The maximum Gasteiger partial charge on any atom is 0.294 e. The number of likely N-dealkylation sites (tertiary alicyclic amines) is 1. The highest BCUT2D eigenvalue weighted by Crippen LogP contribution is 2.36. The predicted molar refractivity (Wildman–Crippen MR) is 145 cm³/mol. The Balaban J connectivity index is 0.00000336. The van der Waals surface area contributed by atoms with Gasteiger partial charge in [-0.05, 0) is 80.9 Å². The van der Waals surface area contributed by atoms with Crippen molar-refractivity contribution in [1.29, 1.82) is 0 Å². The van der Waals surface area contributed by atoms with Crippen LogP contribution < -0.4 is 15.0 Å². The molecule has 5 rings (SSSR count). The summed E-state index contributed by atoms with van der Waals surface area (Å²) in [6.07, 6.45) is 5.10. The Morgan fingerprint density at radius 2 is 1.68 bits per heavy atom. The minimum atomic E-state index is -0.366. The number of ether oxygens (including phenoxy) is 1. The molecule has 1 saturated heterocycles. The van der Waals surface area contributed by atoms with Gasteiger partial charge in [0.2, 0.25) is 0 Å². The molecule has 0 saturated carbocycles. The maximum atomic E-state index is 14.3. The maximum absolute atomic E-state index is 14.3. The van der Waals surface area contributed by atoms with Gasteiger partial charge in [-0.25, -0.2) is 4.39 Å². The summed E-state index contributed by atoms with van der Waals surface area (Å²) in [4.78, 5) is 29.8. The van der Waals surface area contributed by atoms with Crippen molar-refractivity contribution < 1.29 is 24.2 Å². The fraction of sp³-hybridized carbons (Fsp3) is 0.267. The van der Waals surface area contributed by atoms with Gasteiger partial charge in [0.15, 0.2) is 11.5 Å². The summed E-state index contributed by atoms with van der Waals surface area (Å²) < 4.78 is 20.3. The molecule has 0 aromatic heterocycles. The number of amides is 2. The van der Waals surface area contributed by atoms with Gasteiger partial charge in [-0.2, -0.15) is 0 Å². The van der Waals surface area contributed by atoms with Crippen molar-refractivity contribution >= 4 is 23.6 Å². The summed E-state index contributed by atoms with van der Waals surface area (Å²) in [5.74, 6) is -0.184. The van der Waals surface area contributed by atoms with E-state index < -0.39 is 0 Å². The van der Waals surface area contributed by atoms with Gasteiger partial charge in [-0.15, -0.1) is 0 Å². The lowest BCUT2D eigenvalue weighted by Gasteiger charge is -2.30. The number of anilines is 1. The number of hydrogen-bond donors (Lipinski definition) is 1. The van der Waals surface area contributed by atoms with Gasteiger partial charge in [0.1, 0.15) is 5.82 Å². The second-order valence-electron chi connectivity index (χ2n) is 9.34. The Bertz CT molecular complexity index is 1300. The quantitative estimate of drug-likeness (QED) is 0.358. The third kappa shape index (κ3) is 6.27. The molecule has 2 amide bonds. The van der Waals surface area contributed by atoms with Crippen molar-refractivity contribution in [1.82, 2.24) is 10.2 Å². The molecule has 0 atom stereocenters. The van der Waals surface area contributed by atoms with E-state index in [1.807, 2.05) is 12.1 Å². The molecule has 0 unspecified atom stereocenters. The lowest BCUT2D eigenvalue weighted by Crippen LogP contribution is -2.37. The largest absolute Gasteiger partial charge is 0.449 e. The fourth-order valence-corrected chi connectivity index (χ4v) is 4.71. The first-order valence-electron chi connectivity index (χ1n) is 12.7. The summed E-state index contributed by atoms with van der Waals surface area (Å²) in [6, 6.07) is 20.7. The molecule has 198 valence electrons. The van der Waals surface area contributed by atoms with Crippen LogP contribution in [-0.4, -0.2) is 48.4 Å². The molecule has 2 aliphatic heterocycles. The van der Waals surface area contributed by atoms with Gasteiger partial charge in [-0.3, -0.25) is 14.5 Å². The van der Waals surface area contributed by atoms with Crippen molar-refractivity contribution in [2.45, 2.75) is 25.8 Å². The summed E-state index contributed by atoms with van der Waals surface area (Å²) in [5, 5.41) is 2.98. The number of rotatable bonds is 8. The van der Waals surface area contributed by atoms with Gasteiger partial charge in [-0.1, -0.05) is 42.5 Å². The van der Waals surface area contributed by atoms with Gasteiger partial charge < -0.3 is 20.4 Å². The van der Waals surface area contributed by atoms with E-state index in [1.165, 1.54) is 23.8 Å². The first-order chi connectivity index (χ1) is 18.1. The van der Waals surface area contributed by atoms with Crippen LogP contribution >= 0.6 is 0 Å². The zero-order chi connectivity index (χ0) is 25.6. The smallest absolute Gasteiger partial charge is 0.294 e. The van der Waals surface area contributed by atoms with E-state index in [0.29, 0.717) is 29.1 Å². The molecule has 0 radical (unpaired) electrons. The summed E-state index contributed by atoms with van der Waals surface area (Å²) in [7, 11) is 0. The molecule has 0 spiro atoms. The van der Waals surface area contributed by atoms with Crippen LogP contribution in [0.25, 0.3) is 6.08 Å². The SMILES string of the molecule is O.O=C(NCCCN1CCCC1)c1ccc(C=C2Oc3ccccc3N(Cc3ccccc3F)C2=O)cc1. The number of para-hydroxylation sites is 2. The van der Waals surface area contributed by atoms with Crippen LogP contribution in [0.5, 0.6) is 5.75 Å². The minimum Gasteiger partial charge on any atom is -0.449 e. The molecule has 7 nitrogen and oxygen atoms in total. The number of fused-ring (bicyclic) bond motifs is 1. The second kappa shape index (κ2) is 12.5. The average molecular weight is 518 g/mol. The first kappa shape index (κ1) is 27.0. The van der Waals surface area contributed by atoms with E-state index in [2.05, 4.69) is 10.2 Å². The van der Waals surface area contributed by atoms with Crippen LogP contribution in [0.4, 0.5) is 10.1 Å². The molecule has 38 heavy (non-hydrogen) atoms. The zero-order valence-electron chi connectivity index (χ0n) is 21.2. The van der Waals surface area contributed by atoms with E-state index in [9.17, 15) is 14.0 Å². The van der Waals surface area contributed by atoms with E-state index in [1.54, 1.807) is 60.7 Å². The third-order valence-corrected chi connectivity index (χ3v) is 6.72. The summed E-state index contributed by atoms with van der Waals surface area (Å²) in [6.45, 7) is 4.05. The molecule has 0 aliphatic carbocycles. The van der Waals surface area contributed by atoms with Crippen molar-refractivity contribution in [2.24, 2.45) is 0 Å². The topological polar surface area (TPSA) is 93.4 Å². The van der Waals surface area contributed by atoms with Crippen molar-refractivity contribution in [3.05, 3.63) is 101 Å². The van der Waals surface area contributed by atoms with Crippen molar-refractivity contribution in [3.63, 3.8) is 0 Å². The molecule has 3 aromatic carbocycles. The standard InChI is InChI=1S/C30H30FN3O3.H2O/c31-25-9-2-1-8-24(25)21-34-26-10-3-4-11-27(26)37-28(30(34)36)20-22-12-14-23(15-13-22)29(35)32-16-7-19-33-17-5-6-18-33;/h1-4,8-15,20H,5-7,16-19,21H2,(H,32,35);1H2. The van der Waals surface area contributed by atoms with Gasteiger partial charge in [0, 0.05) is 17.7 Å². The van der Waals surface area contributed by atoms with Crippen LogP contribution in [0.15, 0.2) is 78.6 Å². The molecule has 0 bridgehead atoms. The highest BCUT2D eigenvalue weighted by molar-refractivity contribution is 6.09. The molecule has 2 heterocycles. The number of carbonyl (C=O) groups excluding carboxylic acids is 2. The van der Waals surface area contributed by atoms with Crippen LogP contribution in [0.1, 0.15) is 40.7 Å². The number of hydrogen-bond acceptors (Lipinski definition) is 4. The van der Waals surface area contributed by atoms with Gasteiger partial charge >= 0.3 is 0 Å². The van der Waals surface area contributed by atoms with E-state index >= 15 is 0 Å². The summed E-state index contributed by atoms with van der Waals surface area (Å²) >= 11 is 0. The summed E-state index contributed by atoms with van der Waals surface area (Å²) in [5.41, 5.74) is 2.29. The molecule has 3 aromatic rings. The number of halogens is 1. The monoisotopic (exact) mass is 517 g/mol. The lowest BCUT2D eigenvalue weighted by molar-refractivity contribution is -0.117. The Hall–Kier alpha value is -4.01. The zero-order valence-corrected chi connectivity index (χ0v) is 21.2. The lowest BCUT2D eigenvalue weighted by atomic mass is 10.1. The fourth-order valence-electron chi connectivity index (χ4n) is 4.71. The minimum absolute atomic E-state index is 0. The van der Waals surface area contributed by atoms with Crippen LogP contribution in [0, 0.1) is 5.82 Å². The van der Waals surface area contributed by atoms with Crippen LogP contribution in [0.2, 0.25) is 0 Å². The molecular weight excluding hydrogens is 485 g/mol. The molecule has 8 heteroatoms. The highest BCUT2D eigenvalue weighted by atomic mass is 19.1. The molecule has 1 fully saturated rings. The molecular formula is C30H32FN3O4. The molecule has 2 aliphatic rings. The Morgan fingerprint density at radius 3 is 2.45 bits per heavy atom. The second-order valence-corrected chi connectivity index (χ2v) is 9.34. The van der Waals surface area contributed by atoms with E-state index in [4.69, 9.17) is 4.74 Å². The number of nitrogens with zero attached hydrogens (tertiary/aromatic N) is 2. The first-order valence-corrected chi connectivity index (χ1v) is 12.7. The number of carbonyl (C=O) groups is 2. The predicted octanol–water partition coefficient (Wildman–Crippen LogP) is 4.18.